The number of halogens is 3. The normalized spacial score (nSPS) is 9.80. The summed E-state index contributed by atoms with van der Waals surface area (Å²) in [6.07, 6.45) is -1.16. The van der Waals surface area contributed by atoms with Crippen LogP contribution in [0.25, 0.3) is 0 Å². The number of alkyl halides is 3. The average Bonchev–Trinajstić information content (AvgIpc) is 2.18. The molecular formula is C8H6F3NO3. The van der Waals surface area contributed by atoms with Crippen molar-refractivity contribution in [3.8, 4) is 0 Å². The van der Waals surface area contributed by atoms with Gasteiger partial charge in [0, 0.05) is 18.0 Å². The molecular weight excluding hydrogens is 215 g/mol. The van der Waals surface area contributed by atoms with Gasteiger partial charge in [-0.1, -0.05) is 0 Å². The van der Waals surface area contributed by atoms with E-state index >= 15 is 0 Å². The lowest BCUT2D eigenvalue weighted by molar-refractivity contribution is -0.192. The summed E-state index contributed by atoms with van der Waals surface area (Å²) in [6.45, 7) is 0. The molecule has 0 saturated carbocycles. The molecule has 0 aromatic carbocycles. The van der Waals surface area contributed by atoms with Gasteiger partial charge < -0.3 is 5.11 Å². The number of pyridine rings is 1. The molecule has 0 saturated heterocycles. The van der Waals surface area contributed by atoms with Crippen molar-refractivity contribution in [2.24, 2.45) is 0 Å². The second kappa shape index (κ2) is 5.74. The van der Waals surface area contributed by atoms with E-state index in [1.54, 1.807) is 18.3 Å². The maximum atomic E-state index is 10.6. The minimum absolute atomic E-state index is 0.618. The Kier molecular flexibility index (Phi) is 5.00. The van der Waals surface area contributed by atoms with Crippen LogP contribution >= 0.6 is 0 Å². The Hall–Kier alpha value is -1.92. The van der Waals surface area contributed by atoms with Gasteiger partial charge in [-0.25, -0.2) is 4.79 Å². The lowest BCUT2D eigenvalue weighted by Gasteiger charge is -1.93. The van der Waals surface area contributed by atoms with Crippen LogP contribution in [-0.2, 0) is 4.79 Å². The zero-order valence-electron chi connectivity index (χ0n) is 7.23. The van der Waals surface area contributed by atoms with Crippen LogP contribution in [0.1, 0.15) is 10.4 Å². The highest BCUT2D eigenvalue weighted by molar-refractivity contribution is 5.73. The van der Waals surface area contributed by atoms with E-state index in [9.17, 15) is 18.0 Å². The first kappa shape index (κ1) is 13.1. The van der Waals surface area contributed by atoms with E-state index in [0.717, 1.165) is 6.29 Å². The number of nitrogens with zero attached hydrogens (tertiary/aromatic N) is 1. The van der Waals surface area contributed by atoms with Crippen molar-refractivity contribution in [3.05, 3.63) is 30.1 Å². The molecule has 15 heavy (non-hydrogen) atoms. The van der Waals surface area contributed by atoms with E-state index in [2.05, 4.69) is 4.98 Å². The average molecular weight is 221 g/mol. The fourth-order valence-corrected chi connectivity index (χ4v) is 0.446. The number of carboxylic acids is 1. The van der Waals surface area contributed by atoms with Gasteiger partial charge in [-0.15, -0.1) is 0 Å². The summed E-state index contributed by atoms with van der Waals surface area (Å²) in [7, 11) is 0. The molecule has 1 aromatic heterocycles. The SMILES string of the molecule is O=C(O)C(F)(F)F.O=Cc1cccnc1. The van der Waals surface area contributed by atoms with E-state index in [0.29, 0.717) is 5.56 Å². The predicted octanol–water partition coefficient (Wildman–Crippen LogP) is 1.53. The van der Waals surface area contributed by atoms with Gasteiger partial charge in [-0.3, -0.25) is 9.78 Å². The van der Waals surface area contributed by atoms with Crippen molar-refractivity contribution < 1.29 is 27.9 Å². The molecule has 0 spiro atoms. The molecule has 0 fully saturated rings. The third-order valence-electron chi connectivity index (χ3n) is 1.06. The number of carbonyl (C=O) groups is 2. The van der Waals surface area contributed by atoms with E-state index in [1.165, 1.54) is 6.20 Å². The molecule has 0 atom stereocenters. The van der Waals surface area contributed by atoms with Crippen LogP contribution in [0.3, 0.4) is 0 Å². The monoisotopic (exact) mass is 221 g/mol. The topological polar surface area (TPSA) is 67.3 Å². The molecule has 82 valence electrons. The highest BCUT2D eigenvalue weighted by Crippen LogP contribution is 2.13. The molecule has 1 N–H and O–H groups in total. The van der Waals surface area contributed by atoms with Crippen LogP contribution in [-0.4, -0.2) is 28.5 Å². The van der Waals surface area contributed by atoms with Gasteiger partial charge >= 0.3 is 12.1 Å². The third-order valence-corrected chi connectivity index (χ3v) is 1.06. The van der Waals surface area contributed by atoms with Crippen LogP contribution in [0.2, 0.25) is 0 Å². The maximum absolute atomic E-state index is 10.6. The van der Waals surface area contributed by atoms with Crippen LogP contribution in [0.5, 0.6) is 0 Å². The summed E-state index contributed by atoms with van der Waals surface area (Å²) in [4.78, 5) is 22.6. The Bertz CT molecular complexity index is 324. The van der Waals surface area contributed by atoms with E-state index in [1.807, 2.05) is 0 Å². The van der Waals surface area contributed by atoms with Crippen LogP contribution in [0, 0.1) is 0 Å². The zero-order chi connectivity index (χ0) is 11.9. The van der Waals surface area contributed by atoms with E-state index in [4.69, 9.17) is 9.90 Å². The highest BCUT2D eigenvalue weighted by Gasteiger charge is 2.38. The lowest BCUT2D eigenvalue weighted by Crippen LogP contribution is -2.21. The summed E-state index contributed by atoms with van der Waals surface area (Å²) in [6, 6.07) is 3.43. The number of carboxylic acid groups (broad SMARTS) is 1. The Morgan fingerprint density at radius 1 is 1.47 bits per heavy atom. The van der Waals surface area contributed by atoms with Crippen molar-refractivity contribution in [1.29, 1.82) is 0 Å². The molecule has 0 aliphatic carbocycles. The van der Waals surface area contributed by atoms with Gasteiger partial charge in [-0.2, -0.15) is 13.2 Å². The number of aliphatic carboxylic acids is 1. The Morgan fingerprint density at radius 2 is 2.00 bits per heavy atom. The summed E-state index contributed by atoms with van der Waals surface area (Å²) in [5, 5.41) is 7.12. The van der Waals surface area contributed by atoms with Gasteiger partial charge in [0.1, 0.15) is 0 Å². The first-order valence-electron chi connectivity index (χ1n) is 3.53. The summed E-state index contributed by atoms with van der Waals surface area (Å²) >= 11 is 0. The van der Waals surface area contributed by atoms with Gasteiger partial charge in [0.15, 0.2) is 6.29 Å². The first-order chi connectivity index (χ1) is 6.88. The van der Waals surface area contributed by atoms with E-state index < -0.39 is 12.1 Å². The molecule has 0 aliphatic heterocycles. The molecule has 1 heterocycles. The van der Waals surface area contributed by atoms with Gasteiger partial charge in [-0.05, 0) is 12.1 Å². The van der Waals surface area contributed by atoms with Gasteiger partial charge in [0.05, 0.1) is 0 Å². The molecule has 0 radical (unpaired) electrons. The molecule has 1 aromatic rings. The summed E-state index contributed by atoms with van der Waals surface area (Å²) in [5.74, 6) is -2.76. The van der Waals surface area contributed by atoms with Crippen molar-refractivity contribution in [2.75, 3.05) is 0 Å². The highest BCUT2D eigenvalue weighted by atomic mass is 19.4. The van der Waals surface area contributed by atoms with E-state index in [-0.39, 0.29) is 0 Å². The Labute approximate surface area is 82.4 Å². The molecule has 0 amide bonds. The van der Waals surface area contributed by atoms with Gasteiger partial charge in [0.25, 0.3) is 0 Å². The number of aromatic nitrogens is 1. The minimum atomic E-state index is -5.08. The molecule has 0 unspecified atom stereocenters. The number of carbonyl (C=O) groups excluding carboxylic acids is 1. The van der Waals surface area contributed by atoms with Crippen molar-refractivity contribution >= 4 is 12.3 Å². The van der Waals surface area contributed by atoms with Crippen molar-refractivity contribution in [3.63, 3.8) is 0 Å². The Morgan fingerprint density at radius 3 is 2.20 bits per heavy atom. The largest absolute Gasteiger partial charge is 0.490 e. The fourth-order valence-electron chi connectivity index (χ4n) is 0.446. The number of hydrogen-bond donors (Lipinski definition) is 1. The lowest BCUT2D eigenvalue weighted by atomic mass is 10.3. The summed E-state index contributed by atoms with van der Waals surface area (Å²) in [5.41, 5.74) is 0.618. The molecule has 0 bridgehead atoms. The van der Waals surface area contributed by atoms with Crippen LogP contribution in [0.15, 0.2) is 24.5 Å². The minimum Gasteiger partial charge on any atom is -0.475 e. The van der Waals surface area contributed by atoms with Crippen molar-refractivity contribution in [2.45, 2.75) is 6.18 Å². The Balaban J connectivity index is 0.000000265. The summed E-state index contributed by atoms with van der Waals surface area (Å²) < 4.78 is 31.7. The first-order valence-corrected chi connectivity index (χ1v) is 3.53. The molecule has 7 heteroatoms. The third kappa shape index (κ3) is 6.19. The fraction of sp³-hybridized carbons (Fsp3) is 0.125. The quantitative estimate of drug-likeness (QED) is 0.730. The second-order valence-corrected chi connectivity index (χ2v) is 2.21. The maximum Gasteiger partial charge on any atom is 0.490 e. The van der Waals surface area contributed by atoms with Crippen LogP contribution < -0.4 is 0 Å². The molecule has 1 rings (SSSR count). The number of aldehydes is 1. The van der Waals surface area contributed by atoms with Crippen LogP contribution in [0.4, 0.5) is 13.2 Å². The molecule has 4 nitrogen and oxygen atoms in total. The zero-order valence-corrected chi connectivity index (χ0v) is 7.23. The predicted molar refractivity (Wildman–Crippen MR) is 43.3 cm³/mol. The number of hydrogen-bond acceptors (Lipinski definition) is 3. The van der Waals surface area contributed by atoms with Gasteiger partial charge in [0.2, 0.25) is 0 Å². The second-order valence-electron chi connectivity index (χ2n) is 2.21. The van der Waals surface area contributed by atoms with Crippen molar-refractivity contribution in [1.82, 2.24) is 4.98 Å². The number of rotatable bonds is 1. The smallest absolute Gasteiger partial charge is 0.475 e. The standard InChI is InChI=1S/C6H5NO.C2HF3O2/c8-5-6-2-1-3-7-4-6;3-2(4,5)1(6)7/h1-5H;(H,6,7). The molecule has 0 aliphatic rings.